The fourth-order valence-electron chi connectivity index (χ4n) is 2.87. The molecule has 2 unspecified atom stereocenters. The van der Waals surface area contributed by atoms with E-state index in [4.69, 9.17) is 9.47 Å². The van der Waals surface area contributed by atoms with E-state index in [1.165, 1.54) is 17.7 Å². The molecule has 0 N–H and O–H groups in total. The third-order valence-corrected chi connectivity index (χ3v) is 4.12. The second-order valence-electron chi connectivity index (χ2n) is 6.13. The maximum atomic E-state index is 12.9. The SMILES string of the molecule is CC1(COCc2ccc(F)cc2)CCC(c2ccccc2)O1. The Labute approximate surface area is 130 Å². The Morgan fingerprint density at radius 1 is 1.14 bits per heavy atom. The molecule has 2 aromatic carbocycles. The summed E-state index contributed by atoms with van der Waals surface area (Å²) < 4.78 is 24.8. The summed E-state index contributed by atoms with van der Waals surface area (Å²) in [5.74, 6) is -0.222. The lowest BCUT2D eigenvalue weighted by atomic mass is 10.0. The monoisotopic (exact) mass is 300 g/mol. The number of hydrogen-bond donors (Lipinski definition) is 0. The first kappa shape index (κ1) is 15.2. The lowest BCUT2D eigenvalue weighted by molar-refractivity contribution is -0.0849. The number of ether oxygens (including phenoxy) is 2. The Bertz CT molecular complexity index is 597. The summed E-state index contributed by atoms with van der Waals surface area (Å²) in [7, 11) is 0. The quantitative estimate of drug-likeness (QED) is 0.800. The first-order valence-corrected chi connectivity index (χ1v) is 7.70. The van der Waals surface area contributed by atoms with Gasteiger partial charge in [0.05, 0.1) is 24.9 Å². The highest BCUT2D eigenvalue weighted by atomic mass is 19.1. The van der Waals surface area contributed by atoms with Crippen molar-refractivity contribution in [1.29, 1.82) is 0 Å². The minimum atomic E-state index is -0.249. The van der Waals surface area contributed by atoms with Crippen LogP contribution in [0, 0.1) is 5.82 Å². The zero-order valence-electron chi connectivity index (χ0n) is 12.8. The standard InChI is InChI=1S/C19H21FO2/c1-19(14-21-13-15-7-9-17(20)10-8-15)12-11-18(22-19)16-5-3-2-4-6-16/h2-10,18H,11-14H2,1H3. The minimum Gasteiger partial charge on any atom is -0.374 e. The van der Waals surface area contributed by atoms with Gasteiger partial charge >= 0.3 is 0 Å². The van der Waals surface area contributed by atoms with Crippen molar-refractivity contribution in [1.82, 2.24) is 0 Å². The molecule has 0 amide bonds. The van der Waals surface area contributed by atoms with Crippen LogP contribution in [-0.2, 0) is 16.1 Å². The van der Waals surface area contributed by atoms with Crippen molar-refractivity contribution < 1.29 is 13.9 Å². The Morgan fingerprint density at radius 2 is 1.86 bits per heavy atom. The molecule has 1 saturated heterocycles. The van der Waals surface area contributed by atoms with Crippen LogP contribution in [0.4, 0.5) is 4.39 Å². The van der Waals surface area contributed by atoms with Crippen molar-refractivity contribution in [3.63, 3.8) is 0 Å². The summed E-state index contributed by atoms with van der Waals surface area (Å²) in [5.41, 5.74) is 1.95. The molecule has 0 bridgehead atoms. The van der Waals surface area contributed by atoms with Gasteiger partial charge in [-0.2, -0.15) is 0 Å². The predicted molar refractivity (Wildman–Crippen MR) is 84.0 cm³/mol. The van der Waals surface area contributed by atoms with Crippen molar-refractivity contribution >= 4 is 0 Å². The van der Waals surface area contributed by atoms with Crippen molar-refractivity contribution in [2.75, 3.05) is 6.61 Å². The van der Waals surface area contributed by atoms with Gasteiger partial charge in [-0.05, 0) is 43.0 Å². The van der Waals surface area contributed by atoms with E-state index >= 15 is 0 Å². The van der Waals surface area contributed by atoms with Crippen LogP contribution in [0.15, 0.2) is 54.6 Å². The van der Waals surface area contributed by atoms with Crippen LogP contribution in [0.25, 0.3) is 0 Å². The molecular formula is C19H21FO2. The molecule has 0 aliphatic carbocycles. The first-order valence-electron chi connectivity index (χ1n) is 7.70. The summed E-state index contributed by atoms with van der Waals surface area (Å²) in [6.07, 6.45) is 2.15. The van der Waals surface area contributed by atoms with E-state index in [1.807, 2.05) is 18.2 Å². The average Bonchev–Trinajstić information content (AvgIpc) is 2.93. The number of halogens is 1. The summed E-state index contributed by atoms with van der Waals surface area (Å²) in [6.45, 7) is 3.13. The third-order valence-electron chi connectivity index (χ3n) is 4.12. The molecule has 2 aromatic rings. The molecule has 2 nitrogen and oxygen atoms in total. The van der Waals surface area contributed by atoms with E-state index in [0.717, 1.165) is 18.4 Å². The van der Waals surface area contributed by atoms with E-state index in [9.17, 15) is 4.39 Å². The average molecular weight is 300 g/mol. The Hall–Kier alpha value is -1.71. The van der Waals surface area contributed by atoms with E-state index in [0.29, 0.717) is 13.2 Å². The lowest BCUT2D eigenvalue weighted by Gasteiger charge is -2.25. The van der Waals surface area contributed by atoms with E-state index in [2.05, 4.69) is 19.1 Å². The second kappa shape index (κ2) is 6.59. The van der Waals surface area contributed by atoms with Crippen molar-refractivity contribution in [2.24, 2.45) is 0 Å². The molecule has 22 heavy (non-hydrogen) atoms. The number of benzene rings is 2. The molecular weight excluding hydrogens is 279 g/mol. The molecule has 0 saturated carbocycles. The molecule has 1 heterocycles. The van der Waals surface area contributed by atoms with Gasteiger partial charge in [0.15, 0.2) is 0 Å². The highest BCUT2D eigenvalue weighted by Gasteiger charge is 2.36. The van der Waals surface area contributed by atoms with Crippen LogP contribution in [-0.4, -0.2) is 12.2 Å². The maximum absolute atomic E-state index is 12.9. The molecule has 116 valence electrons. The Kier molecular flexibility index (Phi) is 4.55. The van der Waals surface area contributed by atoms with E-state index in [-0.39, 0.29) is 17.5 Å². The largest absolute Gasteiger partial charge is 0.374 e. The fraction of sp³-hybridized carbons (Fsp3) is 0.368. The van der Waals surface area contributed by atoms with Gasteiger partial charge in [0, 0.05) is 0 Å². The number of hydrogen-bond acceptors (Lipinski definition) is 2. The highest BCUT2D eigenvalue weighted by Crippen LogP contribution is 2.39. The predicted octanol–water partition coefficient (Wildman–Crippen LogP) is 4.65. The van der Waals surface area contributed by atoms with Crippen molar-refractivity contribution in [3.8, 4) is 0 Å². The maximum Gasteiger partial charge on any atom is 0.123 e. The van der Waals surface area contributed by atoms with Gasteiger partial charge in [-0.15, -0.1) is 0 Å². The molecule has 1 aliphatic heterocycles. The molecule has 1 fully saturated rings. The van der Waals surface area contributed by atoms with Gasteiger partial charge in [-0.25, -0.2) is 4.39 Å². The van der Waals surface area contributed by atoms with Crippen LogP contribution in [0.5, 0.6) is 0 Å². The molecule has 1 aliphatic rings. The van der Waals surface area contributed by atoms with Gasteiger partial charge in [-0.3, -0.25) is 0 Å². The van der Waals surface area contributed by atoms with Crippen LogP contribution in [0.1, 0.15) is 37.0 Å². The van der Waals surface area contributed by atoms with Gasteiger partial charge in [0.1, 0.15) is 5.82 Å². The Morgan fingerprint density at radius 3 is 2.59 bits per heavy atom. The summed E-state index contributed by atoms with van der Waals surface area (Å²) >= 11 is 0. The second-order valence-corrected chi connectivity index (χ2v) is 6.13. The van der Waals surface area contributed by atoms with Crippen molar-refractivity contribution in [2.45, 2.75) is 38.1 Å². The van der Waals surface area contributed by atoms with Gasteiger partial charge in [0.25, 0.3) is 0 Å². The normalized spacial score (nSPS) is 24.5. The molecule has 3 heteroatoms. The molecule has 0 aromatic heterocycles. The Balaban J connectivity index is 1.51. The van der Waals surface area contributed by atoms with E-state index in [1.54, 1.807) is 12.1 Å². The van der Waals surface area contributed by atoms with Crippen LogP contribution >= 0.6 is 0 Å². The molecule has 2 atom stereocenters. The van der Waals surface area contributed by atoms with E-state index < -0.39 is 0 Å². The smallest absolute Gasteiger partial charge is 0.123 e. The van der Waals surface area contributed by atoms with Crippen molar-refractivity contribution in [3.05, 3.63) is 71.5 Å². The summed E-state index contributed by atoms with van der Waals surface area (Å²) in [5, 5.41) is 0. The lowest BCUT2D eigenvalue weighted by Crippen LogP contribution is -2.30. The zero-order valence-corrected chi connectivity index (χ0v) is 12.8. The number of rotatable bonds is 5. The van der Waals surface area contributed by atoms with Crippen LogP contribution in [0.3, 0.4) is 0 Å². The summed E-state index contributed by atoms with van der Waals surface area (Å²) in [6, 6.07) is 16.7. The van der Waals surface area contributed by atoms with Gasteiger partial charge < -0.3 is 9.47 Å². The molecule has 0 radical (unpaired) electrons. The van der Waals surface area contributed by atoms with Gasteiger partial charge in [-0.1, -0.05) is 42.5 Å². The topological polar surface area (TPSA) is 18.5 Å². The van der Waals surface area contributed by atoms with Crippen LogP contribution in [0.2, 0.25) is 0 Å². The fourth-order valence-corrected chi connectivity index (χ4v) is 2.87. The third kappa shape index (κ3) is 3.73. The zero-order chi connectivity index (χ0) is 15.4. The first-order chi connectivity index (χ1) is 10.6. The molecule has 3 rings (SSSR count). The highest BCUT2D eigenvalue weighted by molar-refractivity contribution is 5.19. The minimum absolute atomic E-state index is 0.153. The van der Waals surface area contributed by atoms with Crippen LogP contribution < -0.4 is 0 Å². The summed E-state index contributed by atoms with van der Waals surface area (Å²) in [4.78, 5) is 0. The molecule has 0 spiro atoms. The van der Waals surface area contributed by atoms with Gasteiger partial charge in [0.2, 0.25) is 0 Å².